The largest absolute Gasteiger partial charge is 0.497 e. The summed E-state index contributed by atoms with van der Waals surface area (Å²) in [5, 5.41) is 3.96. The average molecular weight is 481 g/mol. The molecule has 0 aliphatic carbocycles. The van der Waals surface area contributed by atoms with Gasteiger partial charge in [-0.1, -0.05) is 36.4 Å². The van der Waals surface area contributed by atoms with Gasteiger partial charge in [0.15, 0.2) is 0 Å². The number of para-hydroxylation sites is 2. The minimum absolute atomic E-state index is 0.202. The number of ether oxygens (including phenoxy) is 1. The molecule has 0 bridgehead atoms. The molecule has 0 unspecified atom stereocenters. The average Bonchev–Trinajstić information content (AvgIpc) is 3.38. The highest BCUT2D eigenvalue weighted by Crippen LogP contribution is 2.32. The second-order valence-corrected chi connectivity index (χ2v) is 8.74. The summed E-state index contributed by atoms with van der Waals surface area (Å²) < 4.78 is 8.62. The monoisotopic (exact) mass is 480 g/mol. The lowest BCUT2D eigenvalue weighted by molar-refractivity contribution is -0.116. The molecule has 7 heteroatoms. The smallest absolute Gasteiger partial charge is 0.295 e. The Morgan fingerprint density at radius 2 is 1.67 bits per heavy atom. The molecule has 5 aromatic rings. The molecule has 0 fully saturated rings. The number of nitrogens with one attached hydrogen (secondary N) is 2. The van der Waals surface area contributed by atoms with E-state index >= 15 is 0 Å². The molecule has 3 aromatic carbocycles. The van der Waals surface area contributed by atoms with E-state index in [1.54, 1.807) is 16.5 Å². The Balaban J connectivity index is 1.41. The number of aromatic nitrogens is 3. The number of nitrogens with zero attached hydrogens (tertiary/aromatic N) is 2. The summed E-state index contributed by atoms with van der Waals surface area (Å²) in [7, 11) is 3.46. The molecule has 1 amide bonds. The molecule has 2 aromatic heterocycles. The first kappa shape index (κ1) is 23.2. The quantitative estimate of drug-likeness (QED) is 0.335. The van der Waals surface area contributed by atoms with Crippen LogP contribution in [0, 0.1) is 6.92 Å². The van der Waals surface area contributed by atoms with Crippen molar-refractivity contribution in [3.05, 3.63) is 100 Å². The third-order valence-corrected chi connectivity index (χ3v) is 6.61. The third-order valence-electron chi connectivity index (χ3n) is 6.61. The van der Waals surface area contributed by atoms with Crippen molar-refractivity contribution >= 4 is 22.5 Å². The van der Waals surface area contributed by atoms with Crippen LogP contribution < -0.4 is 15.6 Å². The molecule has 2 N–H and O–H groups in total. The molecule has 182 valence electrons. The summed E-state index contributed by atoms with van der Waals surface area (Å²) in [6.45, 7) is 1.83. The Morgan fingerprint density at radius 1 is 0.972 bits per heavy atom. The molecular weight excluding hydrogens is 452 g/mol. The number of amides is 1. The molecule has 5 rings (SSSR count). The molecular formula is C29H28N4O3. The molecule has 0 saturated carbocycles. The molecule has 0 saturated heterocycles. The van der Waals surface area contributed by atoms with E-state index in [2.05, 4.69) is 16.4 Å². The summed E-state index contributed by atoms with van der Waals surface area (Å²) in [6.07, 6.45) is 0.764. The van der Waals surface area contributed by atoms with Crippen molar-refractivity contribution in [2.45, 2.75) is 19.8 Å². The topological polar surface area (TPSA) is 81.1 Å². The van der Waals surface area contributed by atoms with Gasteiger partial charge in [0.2, 0.25) is 5.91 Å². The maximum Gasteiger partial charge on any atom is 0.295 e. The third kappa shape index (κ3) is 4.20. The lowest BCUT2D eigenvalue weighted by atomic mass is 10.0. The number of aryl methyl sites for hydroxylation is 1. The minimum Gasteiger partial charge on any atom is -0.497 e. The van der Waals surface area contributed by atoms with Crippen molar-refractivity contribution in [2.75, 3.05) is 12.4 Å². The van der Waals surface area contributed by atoms with Crippen molar-refractivity contribution in [3.63, 3.8) is 0 Å². The zero-order valence-electron chi connectivity index (χ0n) is 20.5. The van der Waals surface area contributed by atoms with Gasteiger partial charge in [0.1, 0.15) is 11.4 Å². The minimum atomic E-state index is -0.249. The fourth-order valence-corrected chi connectivity index (χ4v) is 4.62. The number of hydrogen-bond donors (Lipinski definition) is 2. The summed E-state index contributed by atoms with van der Waals surface area (Å²) >= 11 is 0. The molecule has 7 nitrogen and oxygen atoms in total. The SMILES string of the molecule is COc1ccc(-c2[nH]c3ccccc3c2CCC(=O)Nc2c(C)n(C)n(-c3ccccc3)c2=O)cc1. The fourth-order valence-electron chi connectivity index (χ4n) is 4.62. The normalized spacial score (nSPS) is 11.1. The van der Waals surface area contributed by atoms with E-state index in [-0.39, 0.29) is 17.9 Å². The number of carbonyl (C=O) groups is 1. The number of carbonyl (C=O) groups excluding carboxylic acids is 1. The number of H-pyrrole nitrogens is 1. The van der Waals surface area contributed by atoms with Crippen LogP contribution in [-0.2, 0) is 18.3 Å². The van der Waals surface area contributed by atoms with E-state index in [0.29, 0.717) is 17.8 Å². The molecule has 0 aliphatic heterocycles. The number of aromatic amines is 1. The van der Waals surface area contributed by atoms with Crippen LogP contribution in [-0.4, -0.2) is 27.4 Å². The van der Waals surface area contributed by atoms with Gasteiger partial charge in [0.25, 0.3) is 5.56 Å². The standard InChI is InChI=1S/C29H28N4O3/c1-19-27(29(35)33(32(19)2)21-9-5-4-6-10-21)31-26(34)18-17-24-23-11-7-8-12-25(23)30-28(24)20-13-15-22(36-3)16-14-20/h4-16,30H,17-18H2,1-3H3,(H,31,34). The van der Waals surface area contributed by atoms with Crippen molar-refractivity contribution in [3.8, 4) is 22.7 Å². The van der Waals surface area contributed by atoms with Crippen LogP contribution in [0.5, 0.6) is 5.75 Å². The Bertz CT molecular complexity index is 1590. The maximum atomic E-state index is 13.2. The Kier molecular flexibility index (Phi) is 6.21. The lowest BCUT2D eigenvalue weighted by Crippen LogP contribution is -2.23. The van der Waals surface area contributed by atoms with Crippen LogP contribution in [0.3, 0.4) is 0 Å². The van der Waals surface area contributed by atoms with Crippen LogP contribution in [0.25, 0.3) is 27.8 Å². The van der Waals surface area contributed by atoms with Crippen molar-refractivity contribution in [2.24, 2.45) is 7.05 Å². The number of hydrogen-bond acceptors (Lipinski definition) is 3. The Morgan fingerprint density at radius 3 is 2.39 bits per heavy atom. The van der Waals surface area contributed by atoms with Crippen LogP contribution in [0.2, 0.25) is 0 Å². The first-order valence-corrected chi connectivity index (χ1v) is 11.9. The number of fused-ring (bicyclic) bond motifs is 1. The van der Waals surface area contributed by atoms with Gasteiger partial charge in [0.05, 0.1) is 18.5 Å². The highest BCUT2D eigenvalue weighted by atomic mass is 16.5. The van der Waals surface area contributed by atoms with E-state index in [0.717, 1.165) is 39.2 Å². The number of anilines is 1. The van der Waals surface area contributed by atoms with Crippen molar-refractivity contribution < 1.29 is 9.53 Å². The second-order valence-electron chi connectivity index (χ2n) is 8.74. The van der Waals surface area contributed by atoms with Crippen LogP contribution in [0.1, 0.15) is 17.7 Å². The Hall–Kier alpha value is -4.52. The number of benzene rings is 3. The molecule has 2 heterocycles. The molecule has 0 spiro atoms. The molecule has 0 atom stereocenters. The predicted octanol–water partition coefficient (Wildman–Crippen LogP) is 5.21. The molecule has 0 radical (unpaired) electrons. The number of rotatable bonds is 7. The summed E-state index contributed by atoms with van der Waals surface area (Å²) in [4.78, 5) is 29.7. The zero-order valence-corrected chi connectivity index (χ0v) is 20.5. The van der Waals surface area contributed by atoms with Gasteiger partial charge in [-0.15, -0.1) is 0 Å². The predicted molar refractivity (Wildman–Crippen MR) is 143 cm³/mol. The van der Waals surface area contributed by atoms with Gasteiger partial charge in [-0.25, -0.2) is 4.68 Å². The van der Waals surface area contributed by atoms with Gasteiger partial charge < -0.3 is 15.0 Å². The zero-order chi connectivity index (χ0) is 25.2. The highest BCUT2D eigenvalue weighted by Gasteiger charge is 2.19. The Labute approximate surface area is 208 Å². The molecule has 36 heavy (non-hydrogen) atoms. The fraction of sp³-hybridized carbons (Fsp3) is 0.172. The van der Waals surface area contributed by atoms with E-state index in [1.165, 1.54) is 0 Å². The van der Waals surface area contributed by atoms with E-state index in [9.17, 15) is 9.59 Å². The van der Waals surface area contributed by atoms with Gasteiger partial charge in [0, 0.05) is 30.1 Å². The van der Waals surface area contributed by atoms with Gasteiger partial charge >= 0.3 is 0 Å². The van der Waals surface area contributed by atoms with Gasteiger partial charge in [-0.05, 0) is 66.9 Å². The van der Waals surface area contributed by atoms with Crippen molar-refractivity contribution in [1.82, 2.24) is 14.3 Å². The van der Waals surface area contributed by atoms with E-state index in [1.807, 2.05) is 86.8 Å². The second kappa shape index (κ2) is 9.62. The van der Waals surface area contributed by atoms with Gasteiger partial charge in [-0.3, -0.25) is 14.3 Å². The van der Waals surface area contributed by atoms with E-state index < -0.39 is 0 Å². The summed E-state index contributed by atoms with van der Waals surface area (Å²) in [5.41, 5.74) is 5.59. The number of methoxy groups -OCH3 is 1. The van der Waals surface area contributed by atoms with E-state index in [4.69, 9.17) is 4.74 Å². The van der Waals surface area contributed by atoms with Crippen LogP contribution >= 0.6 is 0 Å². The first-order valence-electron chi connectivity index (χ1n) is 11.9. The molecule has 0 aliphatic rings. The summed E-state index contributed by atoms with van der Waals surface area (Å²) in [6, 6.07) is 25.3. The lowest BCUT2D eigenvalue weighted by Gasteiger charge is -2.08. The maximum absolute atomic E-state index is 13.2. The van der Waals surface area contributed by atoms with Crippen molar-refractivity contribution in [1.29, 1.82) is 0 Å². The summed E-state index contributed by atoms with van der Waals surface area (Å²) in [5.74, 6) is 0.585. The van der Waals surface area contributed by atoms with Crippen LogP contribution in [0.15, 0.2) is 83.7 Å². The highest BCUT2D eigenvalue weighted by molar-refractivity contribution is 5.94. The first-order chi connectivity index (χ1) is 17.5. The van der Waals surface area contributed by atoms with Gasteiger partial charge in [-0.2, -0.15) is 0 Å². The van der Waals surface area contributed by atoms with Crippen LogP contribution in [0.4, 0.5) is 5.69 Å².